The van der Waals surface area contributed by atoms with Gasteiger partial charge in [0, 0.05) is 7.11 Å². The summed E-state index contributed by atoms with van der Waals surface area (Å²) in [7, 11) is 1.61. The number of hydrogen-bond donors (Lipinski definition) is 1. The van der Waals surface area contributed by atoms with Crippen LogP contribution in [0.1, 0.15) is 13.8 Å². The molecule has 0 fully saturated rings. The molecular weight excluding hydrogens is 210 g/mol. The lowest BCUT2D eigenvalue weighted by Crippen LogP contribution is -2.47. The molecule has 0 aromatic rings. The summed E-state index contributed by atoms with van der Waals surface area (Å²) in [4.78, 5) is 10.9. The van der Waals surface area contributed by atoms with Crippen molar-refractivity contribution >= 4 is 21.8 Å². The van der Waals surface area contributed by atoms with Crippen molar-refractivity contribution < 1.29 is 9.53 Å². The van der Waals surface area contributed by atoms with E-state index in [1.165, 1.54) is 0 Å². The molecular formula is C7H14BrNO2. The average Bonchev–Trinajstić information content (AvgIpc) is 1.86. The van der Waals surface area contributed by atoms with Crippen LogP contribution in [0.4, 0.5) is 0 Å². The highest BCUT2D eigenvalue weighted by Crippen LogP contribution is 2.01. The van der Waals surface area contributed by atoms with Crippen molar-refractivity contribution in [3.8, 4) is 0 Å². The van der Waals surface area contributed by atoms with Crippen molar-refractivity contribution in [2.45, 2.75) is 19.4 Å². The van der Waals surface area contributed by atoms with E-state index in [4.69, 9.17) is 4.74 Å². The Labute approximate surface area is 75.6 Å². The summed E-state index contributed by atoms with van der Waals surface area (Å²) < 4.78 is 4.92. The first-order chi connectivity index (χ1) is 5.02. The Morgan fingerprint density at radius 1 is 1.64 bits per heavy atom. The molecule has 66 valence electrons. The Balaban J connectivity index is 3.80. The Kier molecular flexibility index (Phi) is 4.68. The molecule has 11 heavy (non-hydrogen) atoms. The van der Waals surface area contributed by atoms with Crippen LogP contribution in [0.5, 0.6) is 0 Å². The zero-order valence-electron chi connectivity index (χ0n) is 7.11. The fraction of sp³-hybridized carbons (Fsp3) is 0.857. The molecule has 0 heterocycles. The zero-order valence-corrected chi connectivity index (χ0v) is 8.69. The van der Waals surface area contributed by atoms with Gasteiger partial charge in [-0.25, -0.2) is 0 Å². The van der Waals surface area contributed by atoms with Gasteiger partial charge in [-0.05, 0) is 13.8 Å². The fourth-order valence-corrected chi connectivity index (χ4v) is 0.948. The molecule has 0 saturated heterocycles. The van der Waals surface area contributed by atoms with Gasteiger partial charge in [-0.3, -0.25) is 4.79 Å². The third kappa shape index (κ3) is 5.21. The topological polar surface area (TPSA) is 38.3 Å². The first-order valence-corrected chi connectivity index (χ1v) is 4.50. The SMILES string of the molecule is COCC(C)(C)NC(=O)CBr. The second kappa shape index (κ2) is 4.72. The quantitative estimate of drug-likeness (QED) is 0.721. The third-order valence-corrected chi connectivity index (χ3v) is 1.61. The number of carbonyl (C=O) groups is 1. The molecule has 0 saturated carbocycles. The van der Waals surface area contributed by atoms with Crippen molar-refractivity contribution in [3.05, 3.63) is 0 Å². The van der Waals surface area contributed by atoms with Gasteiger partial charge in [0.2, 0.25) is 5.91 Å². The van der Waals surface area contributed by atoms with Crippen LogP contribution in [0.25, 0.3) is 0 Å². The fourth-order valence-electron chi connectivity index (χ4n) is 0.808. The maximum atomic E-state index is 10.9. The molecule has 4 heteroatoms. The second-order valence-corrected chi connectivity index (χ2v) is 3.56. The number of amides is 1. The molecule has 3 nitrogen and oxygen atoms in total. The molecule has 0 aliphatic heterocycles. The van der Waals surface area contributed by atoms with E-state index in [1.807, 2.05) is 13.8 Å². The van der Waals surface area contributed by atoms with E-state index in [1.54, 1.807) is 7.11 Å². The normalized spacial score (nSPS) is 11.3. The van der Waals surface area contributed by atoms with Gasteiger partial charge < -0.3 is 10.1 Å². The van der Waals surface area contributed by atoms with Gasteiger partial charge in [0.25, 0.3) is 0 Å². The number of carbonyl (C=O) groups excluding carboxylic acids is 1. The van der Waals surface area contributed by atoms with Crippen LogP contribution in [0, 0.1) is 0 Å². The molecule has 0 aliphatic carbocycles. The predicted octanol–water partition coefficient (Wildman–Crippen LogP) is 0.923. The number of ether oxygens (including phenoxy) is 1. The maximum absolute atomic E-state index is 10.9. The number of methoxy groups -OCH3 is 1. The molecule has 0 aliphatic rings. The van der Waals surface area contributed by atoms with E-state index < -0.39 is 0 Å². The van der Waals surface area contributed by atoms with Crippen molar-refractivity contribution in [2.75, 3.05) is 19.0 Å². The standard InChI is InChI=1S/C7H14BrNO2/c1-7(2,5-11-3)9-6(10)4-8/h4-5H2,1-3H3,(H,9,10). The van der Waals surface area contributed by atoms with Crippen LogP contribution < -0.4 is 5.32 Å². The third-order valence-electron chi connectivity index (χ3n) is 1.10. The van der Waals surface area contributed by atoms with Crippen LogP contribution in [0.15, 0.2) is 0 Å². The number of halogens is 1. The number of rotatable bonds is 4. The van der Waals surface area contributed by atoms with Gasteiger partial charge >= 0.3 is 0 Å². The van der Waals surface area contributed by atoms with Crippen LogP contribution in [0.2, 0.25) is 0 Å². The predicted molar refractivity (Wildman–Crippen MR) is 47.9 cm³/mol. The molecule has 1 amide bonds. The lowest BCUT2D eigenvalue weighted by atomic mass is 10.1. The summed E-state index contributed by atoms with van der Waals surface area (Å²) in [6.07, 6.45) is 0. The van der Waals surface area contributed by atoms with Gasteiger partial charge in [-0.15, -0.1) is 0 Å². The minimum absolute atomic E-state index is 0.0212. The Morgan fingerprint density at radius 3 is 2.55 bits per heavy atom. The molecule has 0 aromatic heterocycles. The van der Waals surface area contributed by atoms with Crippen LogP contribution >= 0.6 is 15.9 Å². The Hall–Kier alpha value is -0.0900. The van der Waals surface area contributed by atoms with E-state index in [0.29, 0.717) is 11.9 Å². The maximum Gasteiger partial charge on any atom is 0.231 e. The lowest BCUT2D eigenvalue weighted by Gasteiger charge is -2.24. The Bertz CT molecular complexity index is 136. The van der Waals surface area contributed by atoms with Crippen LogP contribution in [-0.2, 0) is 9.53 Å². The molecule has 0 rings (SSSR count). The highest BCUT2D eigenvalue weighted by molar-refractivity contribution is 9.09. The molecule has 1 N–H and O–H groups in total. The van der Waals surface area contributed by atoms with E-state index in [2.05, 4.69) is 21.2 Å². The van der Waals surface area contributed by atoms with Gasteiger partial charge in [-0.2, -0.15) is 0 Å². The molecule has 0 aromatic carbocycles. The largest absolute Gasteiger partial charge is 0.382 e. The molecule has 0 unspecified atom stereocenters. The summed E-state index contributed by atoms with van der Waals surface area (Å²) in [6.45, 7) is 4.35. The molecule has 0 bridgehead atoms. The van der Waals surface area contributed by atoms with E-state index in [-0.39, 0.29) is 11.4 Å². The first kappa shape index (κ1) is 10.9. The first-order valence-electron chi connectivity index (χ1n) is 3.38. The van der Waals surface area contributed by atoms with Gasteiger partial charge in [0.1, 0.15) is 0 Å². The minimum Gasteiger partial charge on any atom is -0.382 e. The van der Waals surface area contributed by atoms with Crippen LogP contribution in [-0.4, -0.2) is 30.5 Å². The van der Waals surface area contributed by atoms with Crippen molar-refractivity contribution in [1.29, 1.82) is 0 Å². The average molecular weight is 224 g/mol. The van der Waals surface area contributed by atoms with Crippen molar-refractivity contribution in [1.82, 2.24) is 5.32 Å². The summed E-state index contributed by atoms with van der Waals surface area (Å²) in [6, 6.07) is 0. The van der Waals surface area contributed by atoms with Crippen molar-refractivity contribution in [2.24, 2.45) is 0 Å². The molecule has 0 radical (unpaired) electrons. The number of nitrogens with one attached hydrogen (secondary N) is 1. The smallest absolute Gasteiger partial charge is 0.231 e. The van der Waals surface area contributed by atoms with Gasteiger partial charge in [-0.1, -0.05) is 15.9 Å². The Morgan fingerprint density at radius 2 is 2.18 bits per heavy atom. The van der Waals surface area contributed by atoms with Crippen molar-refractivity contribution in [3.63, 3.8) is 0 Å². The summed E-state index contributed by atoms with van der Waals surface area (Å²) in [5, 5.41) is 3.13. The summed E-state index contributed by atoms with van der Waals surface area (Å²) >= 11 is 3.07. The molecule has 0 spiro atoms. The van der Waals surface area contributed by atoms with E-state index in [0.717, 1.165) is 0 Å². The van der Waals surface area contributed by atoms with E-state index in [9.17, 15) is 4.79 Å². The van der Waals surface area contributed by atoms with E-state index >= 15 is 0 Å². The lowest BCUT2D eigenvalue weighted by molar-refractivity contribution is -0.120. The zero-order chi connectivity index (χ0) is 8.91. The highest BCUT2D eigenvalue weighted by Gasteiger charge is 2.18. The minimum atomic E-state index is -0.278. The number of alkyl halides is 1. The number of hydrogen-bond acceptors (Lipinski definition) is 2. The van der Waals surface area contributed by atoms with Crippen LogP contribution in [0.3, 0.4) is 0 Å². The molecule has 0 atom stereocenters. The monoisotopic (exact) mass is 223 g/mol. The van der Waals surface area contributed by atoms with Gasteiger partial charge in [0.15, 0.2) is 0 Å². The second-order valence-electron chi connectivity index (χ2n) is 3.00. The summed E-state index contributed by atoms with van der Waals surface area (Å²) in [5.74, 6) is -0.0212. The summed E-state index contributed by atoms with van der Waals surface area (Å²) in [5.41, 5.74) is -0.278. The van der Waals surface area contributed by atoms with Gasteiger partial charge in [0.05, 0.1) is 17.5 Å². The highest BCUT2D eigenvalue weighted by atomic mass is 79.9.